The van der Waals surface area contributed by atoms with Gasteiger partial charge in [0.15, 0.2) is 0 Å². The number of ether oxygens (including phenoxy) is 1. The van der Waals surface area contributed by atoms with E-state index in [4.69, 9.17) is 4.74 Å². The number of carbonyl (C=O) groups excluding carboxylic acids is 2. The van der Waals surface area contributed by atoms with Gasteiger partial charge < -0.3 is 19.9 Å². The van der Waals surface area contributed by atoms with E-state index < -0.39 is 0 Å². The van der Waals surface area contributed by atoms with Crippen molar-refractivity contribution in [3.05, 3.63) is 52.5 Å². The first-order chi connectivity index (χ1) is 15.6. The van der Waals surface area contributed by atoms with Crippen molar-refractivity contribution in [1.29, 1.82) is 0 Å². The standard InChI is InChI=1S/C24H32N4O3S/c1-2-31-23(30)26-20(21-6-4-16-32-21)7-12-27-13-8-24(9-14-27)10-15-28(22(24)29)18-19-5-3-11-25-17-19/h3-6,11,16-17,20H,2,7-10,12-15,18H2,1H3,(H,26,30). The Morgan fingerprint density at radius 2 is 2.06 bits per heavy atom. The van der Waals surface area contributed by atoms with E-state index in [1.54, 1.807) is 17.5 Å². The summed E-state index contributed by atoms with van der Waals surface area (Å²) in [6, 6.07) is 7.97. The highest BCUT2D eigenvalue weighted by molar-refractivity contribution is 7.10. The van der Waals surface area contributed by atoms with E-state index in [1.165, 1.54) is 0 Å². The number of pyridine rings is 1. The minimum Gasteiger partial charge on any atom is -0.450 e. The number of likely N-dealkylation sites (tertiary alicyclic amines) is 2. The predicted molar refractivity (Wildman–Crippen MR) is 124 cm³/mol. The number of hydrogen-bond donors (Lipinski definition) is 1. The lowest BCUT2D eigenvalue weighted by molar-refractivity contribution is -0.138. The first-order valence-electron chi connectivity index (χ1n) is 11.5. The first kappa shape index (κ1) is 22.7. The van der Waals surface area contributed by atoms with Crippen LogP contribution in [0.3, 0.4) is 0 Å². The smallest absolute Gasteiger partial charge is 0.407 e. The summed E-state index contributed by atoms with van der Waals surface area (Å²) in [4.78, 5) is 34.9. The fourth-order valence-electron chi connectivity index (χ4n) is 4.83. The highest BCUT2D eigenvalue weighted by atomic mass is 32.1. The molecule has 2 aliphatic heterocycles. The molecule has 2 fully saturated rings. The molecule has 1 unspecified atom stereocenters. The van der Waals surface area contributed by atoms with Gasteiger partial charge in [0.1, 0.15) is 0 Å². The van der Waals surface area contributed by atoms with Crippen LogP contribution in [0.4, 0.5) is 4.79 Å². The minimum atomic E-state index is -0.367. The fraction of sp³-hybridized carbons (Fsp3) is 0.542. The molecule has 0 aromatic carbocycles. The lowest BCUT2D eigenvalue weighted by Crippen LogP contribution is -2.45. The zero-order valence-corrected chi connectivity index (χ0v) is 19.5. The lowest BCUT2D eigenvalue weighted by atomic mass is 9.77. The molecule has 172 valence electrons. The molecule has 0 radical (unpaired) electrons. The SMILES string of the molecule is CCOC(=O)NC(CCN1CCC2(CC1)CCN(Cc1cccnc1)C2=O)c1cccs1. The van der Waals surface area contributed by atoms with Gasteiger partial charge in [0.25, 0.3) is 0 Å². The number of alkyl carbamates (subject to hydrolysis) is 1. The molecule has 4 rings (SSSR count). The van der Waals surface area contributed by atoms with Gasteiger partial charge in [-0.3, -0.25) is 9.78 Å². The summed E-state index contributed by atoms with van der Waals surface area (Å²) >= 11 is 1.65. The fourth-order valence-corrected chi connectivity index (χ4v) is 5.64. The van der Waals surface area contributed by atoms with Crippen LogP contribution in [0.1, 0.15) is 49.1 Å². The van der Waals surface area contributed by atoms with E-state index in [2.05, 4.69) is 21.3 Å². The molecule has 2 amide bonds. The third-order valence-electron chi connectivity index (χ3n) is 6.70. The second kappa shape index (κ2) is 10.4. The van der Waals surface area contributed by atoms with Crippen molar-refractivity contribution < 1.29 is 14.3 Å². The quantitative estimate of drug-likeness (QED) is 0.653. The summed E-state index contributed by atoms with van der Waals surface area (Å²) in [6.07, 6.45) is 6.82. The van der Waals surface area contributed by atoms with Crippen molar-refractivity contribution in [3.63, 3.8) is 0 Å². The summed E-state index contributed by atoms with van der Waals surface area (Å²) < 4.78 is 5.08. The Morgan fingerprint density at radius 3 is 2.75 bits per heavy atom. The number of nitrogens with zero attached hydrogens (tertiary/aromatic N) is 3. The highest BCUT2D eigenvalue weighted by Gasteiger charge is 2.47. The van der Waals surface area contributed by atoms with Crippen LogP contribution in [-0.4, -0.2) is 59.6 Å². The molecule has 1 spiro atoms. The van der Waals surface area contributed by atoms with E-state index in [-0.39, 0.29) is 17.6 Å². The summed E-state index contributed by atoms with van der Waals surface area (Å²) in [6.45, 7) is 6.39. The van der Waals surface area contributed by atoms with Crippen molar-refractivity contribution in [3.8, 4) is 0 Å². The van der Waals surface area contributed by atoms with Gasteiger partial charge in [0, 0.05) is 36.9 Å². The van der Waals surface area contributed by atoms with Crippen LogP contribution in [0.15, 0.2) is 42.0 Å². The zero-order valence-electron chi connectivity index (χ0n) is 18.7. The summed E-state index contributed by atoms with van der Waals surface area (Å²) in [5.74, 6) is 0.307. The largest absolute Gasteiger partial charge is 0.450 e. The Bertz CT molecular complexity index is 882. The van der Waals surface area contributed by atoms with E-state index in [0.717, 1.165) is 62.3 Å². The Hall–Kier alpha value is -2.45. The summed E-state index contributed by atoms with van der Waals surface area (Å²) in [5.41, 5.74) is 0.888. The van der Waals surface area contributed by atoms with Crippen LogP contribution >= 0.6 is 11.3 Å². The van der Waals surface area contributed by atoms with Crippen molar-refractivity contribution in [1.82, 2.24) is 20.1 Å². The molecule has 1 N–H and O–H groups in total. The van der Waals surface area contributed by atoms with E-state index in [1.807, 2.05) is 41.6 Å². The summed E-state index contributed by atoms with van der Waals surface area (Å²) in [7, 11) is 0. The molecule has 2 saturated heterocycles. The second-order valence-corrected chi connectivity index (χ2v) is 9.66. The number of nitrogens with one attached hydrogen (secondary N) is 1. The monoisotopic (exact) mass is 456 g/mol. The number of hydrogen-bond acceptors (Lipinski definition) is 6. The average Bonchev–Trinajstić information content (AvgIpc) is 3.44. The molecule has 1 atom stereocenters. The maximum absolute atomic E-state index is 13.2. The second-order valence-electron chi connectivity index (χ2n) is 8.68. The molecule has 8 heteroatoms. The molecule has 32 heavy (non-hydrogen) atoms. The molecule has 2 aliphatic rings. The average molecular weight is 457 g/mol. The molecular formula is C24H32N4O3S. The van der Waals surface area contributed by atoms with Crippen molar-refractivity contribution in [2.75, 3.05) is 32.8 Å². The molecule has 0 bridgehead atoms. The number of rotatable bonds is 8. The van der Waals surface area contributed by atoms with Gasteiger partial charge in [-0.1, -0.05) is 12.1 Å². The molecule has 0 saturated carbocycles. The van der Waals surface area contributed by atoms with Gasteiger partial charge >= 0.3 is 6.09 Å². The molecule has 2 aromatic heterocycles. The number of piperidine rings is 1. The molecular weight excluding hydrogens is 424 g/mol. The number of amides is 2. The van der Waals surface area contributed by atoms with Gasteiger partial charge in [-0.25, -0.2) is 4.79 Å². The van der Waals surface area contributed by atoms with Gasteiger partial charge in [-0.15, -0.1) is 11.3 Å². The van der Waals surface area contributed by atoms with Crippen LogP contribution < -0.4 is 5.32 Å². The normalized spacial score (nSPS) is 19.3. The van der Waals surface area contributed by atoms with Gasteiger partial charge in [-0.05, 0) is 68.8 Å². The maximum atomic E-state index is 13.2. The molecule has 2 aromatic rings. The molecule has 7 nitrogen and oxygen atoms in total. The number of carbonyl (C=O) groups is 2. The number of thiophene rings is 1. The van der Waals surface area contributed by atoms with Crippen molar-refractivity contribution in [2.24, 2.45) is 5.41 Å². The van der Waals surface area contributed by atoms with Crippen LogP contribution in [0.5, 0.6) is 0 Å². The molecule has 4 heterocycles. The van der Waals surface area contributed by atoms with Crippen LogP contribution in [0, 0.1) is 5.41 Å². The lowest BCUT2D eigenvalue weighted by Gasteiger charge is -2.38. The van der Waals surface area contributed by atoms with E-state index in [0.29, 0.717) is 19.1 Å². The third-order valence-corrected chi connectivity index (χ3v) is 7.68. The van der Waals surface area contributed by atoms with E-state index in [9.17, 15) is 9.59 Å². The third kappa shape index (κ3) is 5.30. The van der Waals surface area contributed by atoms with Crippen molar-refractivity contribution >= 4 is 23.3 Å². The zero-order chi connectivity index (χ0) is 22.4. The topological polar surface area (TPSA) is 74.8 Å². The Balaban J connectivity index is 1.28. The Morgan fingerprint density at radius 1 is 1.25 bits per heavy atom. The highest BCUT2D eigenvalue weighted by Crippen LogP contribution is 2.42. The van der Waals surface area contributed by atoms with Gasteiger partial charge in [0.2, 0.25) is 5.91 Å². The minimum absolute atomic E-state index is 0.0481. The van der Waals surface area contributed by atoms with Crippen LogP contribution in [-0.2, 0) is 16.1 Å². The predicted octanol–water partition coefficient (Wildman–Crippen LogP) is 3.84. The maximum Gasteiger partial charge on any atom is 0.407 e. The Kier molecular flexibility index (Phi) is 7.42. The molecule has 0 aliphatic carbocycles. The Labute approximate surface area is 193 Å². The number of aromatic nitrogens is 1. The van der Waals surface area contributed by atoms with E-state index >= 15 is 0 Å². The first-order valence-corrected chi connectivity index (χ1v) is 12.3. The van der Waals surface area contributed by atoms with Crippen LogP contribution in [0.25, 0.3) is 0 Å². The van der Waals surface area contributed by atoms with Gasteiger partial charge in [0.05, 0.1) is 18.1 Å². The summed E-state index contributed by atoms with van der Waals surface area (Å²) in [5, 5.41) is 5.03. The van der Waals surface area contributed by atoms with Crippen LogP contribution in [0.2, 0.25) is 0 Å². The van der Waals surface area contributed by atoms with Gasteiger partial charge in [-0.2, -0.15) is 0 Å². The van der Waals surface area contributed by atoms with Crippen molar-refractivity contribution in [2.45, 2.75) is 45.2 Å².